The van der Waals surface area contributed by atoms with Crippen LogP contribution in [-0.4, -0.2) is 54.2 Å². The van der Waals surface area contributed by atoms with Gasteiger partial charge in [0.1, 0.15) is 5.69 Å². The molecule has 0 spiro atoms. The minimum Gasteiger partial charge on any atom is -0.477 e. The van der Waals surface area contributed by atoms with E-state index in [0.29, 0.717) is 0 Å². The minimum absolute atomic E-state index is 0.0895. The highest BCUT2D eigenvalue weighted by molar-refractivity contribution is 5.85. The fourth-order valence-electron chi connectivity index (χ4n) is 2.17. The second kappa shape index (κ2) is 5.82. The number of pyridine rings is 1. The number of likely N-dealkylation sites (N-methyl/N-ethyl adjacent to an activating group) is 1. The first-order valence-corrected chi connectivity index (χ1v) is 6.29. The summed E-state index contributed by atoms with van der Waals surface area (Å²) in [7, 11) is 2.01. The Kier molecular flexibility index (Phi) is 4.15. The van der Waals surface area contributed by atoms with Crippen LogP contribution in [0, 0.1) is 0 Å². The Morgan fingerprint density at radius 1 is 1.44 bits per heavy atom. The highest BCUT2D eigenvalue weighted by Gasteiger charge is 2.12. The third kappa shape index (κ3) is 3.20. The lowest BCUT2D eigenvalue weighted by atomic mass is 10.3. The van der Waals surface area contributed by atoms with Crippen molar-refractivity contribution < 1.29 is 9.90 Å². The van der Waals surface area contributed by atoms with Crippen molar-refractivity contribution in [1.82, 2.24) is 9.88 Å². The van der Waals surface area contributed by atoms with Crippen molar-refractivity contribution in [1.29, 1.82) is 0 Å². The first-order valence-electron chi connectivity index (χ1n) is 6.29. The number of rotatable bonds is 5. The van der Waals surface area contributed by atoms with Gasteiger partial charge in [-0.25, -0.2) is 9.78 Å². The summed E-state index contributed by atoms with van der Waals surface area (Å²) in [5.41, 5.74) is 1.05. The van der Waals surface area contributed by atoms with Crippen LogP contribution in [0.4, 0.5) is 5.69 Å². The fourth-order valence-corrected chi connectivity index (χ4v) is 2.17. The number of nitrogens with zero attached hydrogens (tertiary/aromatic N) is 3. The van der Waals surface area contributed by atoms with Crippen LogP contribution >= 0.6 is 0 Å². The van der Waals surface area contributed by atoms with E-state index in [0.717, 1.165) is 18.8 Å². The summed E-state index contributed by atoms with van der Waals surface area (Å²) in [6.07, 6.45) is 4.23. The first-order chi connectivity index (χ1) is 8.66. The molecule has 2 rings (SSSR count). The van der Waals surface area contributed by atoms with Crippen LogP contribution in [0.1, 0.15) is 23.3 Å². The van der Waals surface area contributed by atoms with Gasteiger partial charge in [-0.15, -0.1) is 0 Å². The van der Waals surface area contributed by atoms with E-state index in [9.17, 15) is 4.79 Å². The van der Waals surface area contributed by atoms with Gasteiger partial charge in [0.05, 0.1) is 11.9 Å². The minimum atomic E-state index is -0.985. The monoisotopic (exact) mass is 249 g/mol. The Morgan fingerprint density at radius 2 is 2.17 bits per heavy atom. The van der Waals surface area contributed by atoms with E-state index >= 15 is 0 Å². The first kappa shape index (κ1) is 12.8. The van der Waals surface area contributed by atoms with Crippen LogP contribution < -0.4 is 4.90 Å². The number of hydrogen-bond acceptors (Lipinski definition) is 4. The summed E-state index contributed by atoms with van der Waals surface area (Å²) in [5.74, 6) is -0.985. The van der Waals surface area contributed by atoms with E-state index in [1.54, 1.807) is 18.3 Å². The van der Waals surface area contributed by atoms with Crippen molar-refractivity contribution >= 4 is 11.7 Å². The van der Waals surface area contributed by atoms with Crippen molar-refractivity contribution in [3.05, 3.63) is 24.0 Å². The third-order valence-corrected chi connectivity index (χ3v) is 3.36. The number of carbonyl (C=O) groups is 1. The molecule has 0 amide bonds. The van der Waals surface area contributed by atoms with E-state index in [1.165, 1.54) is 25.9 Å². The average molecular weight is 249 g/mol. The number of carboxylic acid groups (broad SMARTS) is 1. The smallest absolute Gasteiger partial charge is 0.354 e. The molecule has 18 heavy (non-hydrogen) atoms. The summed E-state index contributed by atoms with van der Waals surface area (Å²) < 4.78 is 0. The molecule has 0 radical (unpaired) electrons. The largest absolute Gasteiger partial charge is 0.477 e. The van der Waals surface area contributed by atoms with Gasteiger partial charge >= 0.3 is 5.97 Å². The number of hydrogen-bond donors (Lipinski definition) is 1. The van der Waals surface area contributed by atoms with Gasteiger partial charge in [-0.3, -0.25) is 0 Å². The van der Waals surface area contributed by atoms with Gasteiger partial charge < -0.3 is 14.9 Å². The molecule has 1 N–H and O–H groups in total. The van der Waals surface area contributed by atoms with Crippen molar-refractivity contribution in [2.24, 2.45) is 0 Å². The average Bonchev–Trinajstić information content (AvgIpc) is 2.89. The second-order valence-corrected chi connectivity index (χ2v) is 4.68. The molecule has 2 heterocycles. The number of carboxylic acids is 1. The molecule has 0 bridgehead atoms. The molecule has 1 aliphatic heterocycles. The van der Waals surface area contributed by atoms with Gasteiger partial charge in [0.25, 0.3) is 0 Å². The summed E-state index contributed by atoms with van der Waals surface area (Å²) in [4.78, 5) is 19.2. The van der Waals surface area contributed by atoms with Crippen LogP contribution in [0.3, 0.4) is 0 Å². The summed E-state index contributed by atoms with van der Waals surface area (Å²) in [6, 6.07) is 3.35. The number of aromatic carboxylic acids is 1. The van der Waals surface area contributed by atoms with Crippen LogP contribution in [0.15, 0.2) is 18.3 Å². The van der Waals surface area contributed by atoms with Crippen LogP contribution in [0.25, 0.3) is 0 Å². The fraction of sp³-hybridized carbons (Fsp3) is 0.538. The van der Waals surface area contributed by atoms with Gasteiger partial charge in [0, 0.05) is 20.1 Å². The molecule has 5 nitrogen and oxygen atoms in total. The molecule has 1 aromatic rings. The van der Waals surface area contributed by atoms with Gasteiger partial charge in [-0.2, -0.15) is 0 Å². The van der Waals surface area contributed by atoms with Crippen molar-refractivity contribution in [2.75, 3.05) is 38.1 Å². The normalized spacial score (nSPS) is 15.8. The molecule has 1 saturated heterocycles. The standard InChI is InChI=1S/C13H19N3O2/c1-15(8-9-16-6-2-3-7-16)11-4-5-12(13(17)18)14-10-11/h4-5,10H,2-3,6-9H2,1H3,(H,17,18). The zero-order valence-electron chi connectivity index (χ0n) is 10.7. The maximum absolute atomic E-state index is 10.7. The molecule has 1 aromatic heterocycles. The second-order valence-electron chi connectivity index (χ2n) is 4.68. The maximum Gasteiger partial charge on any atom is 0.354 e. The van der Waals surface area contributed by atoms with Gasteiger partial charge in [-0.05, 0) is 38.1 Å². The van der Waals surface area contributed by atoms with Crippen molar-refractivity contribution in [2.45, 2.75) is 12.8 Å². The van der Waals surface area contributed by atoms with Crippen molar-refractivity contribution in [3.8, 4) is 0 Å². The Balaban J connectivity index is 1.87. The van der Waals surface area contributed by atoms with E-state index in [4.69, 9.17) is 5.11 Å². The molecule has 1 aliphatic rings. The molecule has 0 aromatic carbocycles. The van der Waals surface area contributed by atoms with E-state index in [1.807, 2.05) is 7.05 Å². The van der Waals surface area contributed by atoms with Crippen LogP contribution in [0.5, 0.6) is 0 Å². The molecular formula is C13H19N3O2. The zero-order chi connectivity index (χ0) is 13.0. The van der Waals surface area contributed by atoms with Gasteiger partial charge in [-0.1, -0.05) is 0 Å². The molecular weight excluding hydrogens is 230 g/mol. The van der Waals surface area contributed by atoms with E-state index in [-0.39, 0.29) is 5.69 Å². The Labute approximate surface area is 107 Å². The maximum atomic E-state index is 10.7. The lowest BCUT2D eigenvalue weighted by molar-refractivity contribution is 0.0690. The number of aromatic nitrogens is 1. The SMILES string of the molecule is CN(CCN1CCCC1)c1ccc(C(=O)O)nc1. The molecule has 5 heteroatoms. The lowest BCUT2D eigenvalue weighted by Gasteiger charge is -2.22. The third-order valence-electron chi connectivity index (χ3n) is 3.36. The number of likely N-dealkylation sites (tertiary alicyclic amines) is 1. The van der Waals surface area contributed by atoms with Gasteiger partial charge in [0.2, 0.25) is 0 Å². The summed E-state index contributed by atoms with van der Waals surface area (Å²) >= 11 is 0. The molecule has 0 atom stereocenters. The molecule has 0 saturated carbocycles. The predicted octanol–water partition coefficient (Wildman–Crippen LogP) is 1.31. The Hall–Kier alpha value is -1.62. The Morgan fingerprint density at radius 3 is 2.72 bits per heavy atom. The van der Waals surface area contributed by atoms with Crippen molar-refractivity contribution in [3.63, 3.8) is 0 Å². The highest BCUT2D eigenvalue weighted by Crippen LogP contribution is 2.12. The zero-order valence-corrected chi connectivity index (χ0v) is 10.7. The quantitative estimate of drug-likeness (QED) is 0.852. The molecule has 0 aliphatic carbocycles. The number of anilines is 1. The Bertz CT molecular complexity index is 399. The molecule has 98 valence electrons. The van der Waals surface area contributed by atoms with Crippen LogP contribution in [-0.2, 0) is 0 Å². The van der Waals surface area contributed by atoms with E-state index in [2.05, 4.69) is 14.8 Å². The van der Waals surface area contributed by atoms with Crippen LogP contribution in [0.2, 0.25) is 0 Å². The highest BCUT2D eigenvalue weighted by atomic mass is 16.4. The predicted molar refractivity (Wildman–Crippen MR) is 70.1 cm³/mol. The summed E-state index contributed by atoms with van der Waals surface area (Å²) in [6.45, 7) is 4.39. The topological polar surface area (TPSA) is 56.7 Å². The summed E-state index contributed by atoms with van der Waals surface area (Å²) in [5, 5.41) is 8.78. The lowest BCUT2D eigenvalue weighted by Crippen LogP contribution is -2.31. The molecule has 0 unspecified atom stereocenters. The van der Waals surface area contributed by atoms with Gasteiger partial charge in [0.15, 0.2) is 0 Å². The molecule has 1 fully saturated rings. The van der Waals surface area contributed by atoms with E-state index < -0.39 is 5.97 Å².